The van der Waals surface area contributed by atoms with Gasteiger partial charge in [0.15, 0.2) is 5.58 Å². The standard InChI is InChI=1S/C23H28N6O2.ClH/c1-27-16-4-2-5-17(27)13-15(12-16)25-22(30)18-6-3-7-19-21(18)26-23(31-19)29-11-10-28-9-8-24-20(28)14-29;/h3,6-9,15-17H,2,4-5,10-14H2,1H3,(H,25,30);1H. The van der Waals surface area contributed by atoms with E-state index in [4.69, 9.17) is 9.40 Å². The van der Waals surface area contributed by atoms with Crippen LogP contribution in [0.4, 0.5) is 6.01 Å². The molecule has 3 aliphatic heterocycles. The second-order valence-electron chi connectivity index (χ2n) is 9.15. The van der Waals surface area contributed by atoms with Crippen LogP contribution in [-0.4, -0.2) is 57.1 Å². The molecule has 2 bridgehead atoms. The minimum atomic E-state index is -0.0488. The Hall–Kier alpha value is -2.58. The molecule has 0 saturated carbocycles. The first-order chi connectivity index (χ1) is 15.2. The number of para-hydroxylation sites is 1. The van der Waals surface area contributed by atoms with Gasteiger partial charge in [-0.2, -0.15) is 4.98 Å². The van der Waals surface area contributed by atoms with Crippen molar-refractivity contribution in [2.24, 2.45) is 0 Å². The fraction of sp³-hybridized carbons (Fsp3) is 0.522. The highest BCUT2D eigenvalue weighted by Gasteiger charge is 2.36. The summed E-state index contributed by atoms with van der Waals surface area (Å²) in [7, 11) is 2.23. The van der Waals surface area contributed by atoms with E-state index in [1.807, 2.05) is 30.6 Å². The van der Waals surface area contributed by atoms with Gasteiger partial charge in [0.1, 0.15) is 11.3 Å². The number of anilines is 1. The van der Waals surface area contributed by atoms with Crippen LogP contribution in [0.2, 0.25) is 0 Å². The van der Waals surface area contributed by atoms with Crippen molar-refractivity contribution in [2.45, 2.75) is 63.3 Å². The number of carbonyl (C=O) groups excluding carboxylic acids is 1. The molecule has 6 rings (SSSR count). The van der Waals surface area contributed by atoms with Crippen LogP contribution in [0.15, 0.2) is 35.0 Å². The van der Waals surface area contributed by atoms with Gasteiger partial charge in [-0.15, -0.1) is 12.4 Å². The van der Waals surface area contributed by atoms with E-state index in [2.05, 4.69) is 31.7 Å². The first kappa shape index (κ1) is 21.3. The molecule has 0 spiro atoms. The van der Waals surface area contributed by atoms with Gasteiger partial charge in [-0.25, -0.2) is 4.98 Å². The van der Waals surface area contributed by atoms with E-state index in [0.717, 1.165) is 31.8 Å². The van der Waals surface area contributed by atoms with Gasteiger partial charge in [0, 0.05) is 43.6 Å². The summed E-state index contributed by atoms with van der Waals surface area (Å²) in [6.45, 7) is 2.30. The molecule has 1 N–H and O–H groups in total. The van der Waals surface area contributed by atoms with E-state index < -0.39 is 0 Å². The Morgan fingerprint density at radius 1 is 1.19 bits per heavy atom. The lowest BCUT2D eigenvalue weighted by atomic mass is 9.82. The summed E-state index contributed by atoms with van der Waals surface area (Å²) < 4.78 is 8.19. The SMILES string of the molecule is CN1C2CCCC1CC(NC(=O)c1cccc3oc(N4CCn5ccnc5C4)nc13)C2.Cl. The van der Waals surface area contributed by atoms with E-state index in [0.29, 0.717) is 41.3 Å². The predicted molar refractivity (Wildman–Crippen MR) is 124 cm³/mol. The number of nitrogens with one attached hydrogen (secondary N) is 1. The Kier molecular flexibility index (Phi) is 5.59. The van der Waals surface area contributed by atoms with Crippen molar-refractivity contribution in [3.05, 3.63) is 42.0 Å². The molecule has 3 aliphatic rings. The number of halogens is 1. The average Bonchev–Trinajstić information content (AvgIpc) is 3.40. The minimum absolute atomic E-state index is 0. The maximum atomic E-state index is 13.2. The highest BCUT2D eigenvalue weighted by atomic mass is 35.5. The number of rotatable bonds is 3. The summed E-state index contributed by atoms with van der Waals surface area (Å²) in [6.07, 6.45) is 9.64. The maximum Gasteiger partial charge on any atom is 0.298 e. The zero-order chi connectivity index (χ0) is 20.9. The van der Waals surface area contributed by atoms with Crippen molar-refractivity contribution in [2.75, 3.05) is 18.5 Å². The van der Waals surface area contributed by atoms with Crippen LogP contribution >= 0.6 is 12.4 Å². The quantitative estimate of drug-likeness (QED) is 0.652. The Morgan fingerprint density at radius 3 is 2.81 bits per heavy atom. The van der Waals surface area contributed by atoms with Crippen LogP contribution in [0, 0.1) is 0 Å². The predicted octanol–water partition coefficient (Wildman–Crippen LogP) is 3.21. The number of fused-ring (bicyclic) bond motifs is 4. The highest BCUT2D eigenvalue weighted by molar-refractivity contribution is 6.04. The van der Waals surface area contributed by atoms with Crippen molar-refractivity contribution >= 4 is 35.4 Å². The largest absolute Gasteiger partial charge is 0.423 e. The summed E-state index contributed by atoms with van der Waals surface area (Å²) in [4.78, 5) is 27.0. The number of oxazole rings is 1. The van der Waals surface area contributed by atoms with Crippen LogP contribution in [-0.2, 0) is 13.1 Å². The highest BCUT2D eigenvalue weighted by Crippen LogP contribution is 2.33. The molecule has 2 atom stereocenters. The van der Waals surface area contributed by atoms with Crippen molar-refractivity contribution in [3.63, 3.8) is 0 Å². The molecule has 2 unspecified atom stereocenters. The first-order valence-electron chi connectivity index (χ1n) is 11.3. The molecule has 3 aromatic rings. The van der Waals surface area contributed by atoms with Gasteiger partial charge in [0.2, 0.25) is 0 Å². The molecule has 0 radical (unpaired) electrons. The minimum Gasteiger partial charge on any atom is -0.423 e. The van der Waals surface area contributed by atoms with Gasteiger partial charge in [-0.3, -0.25) is 4.79 Å². The van der Waals surface area contributed by atoms with Crippen LogP contribution in [0.3, 0.4) is 0 Å². The molecule has 1 amide bonds. The summed E-state index contributed by atoms with van der Waals surface area (Å²) in [6, 6.07) is 7.55. The Labute approximate surface area is 193 Å². The number of aromatic nitrogens is 3. The number of nitrogens with zero attached hydrogens (tertiary/aromatic N) is 5. The van der Waals surface area contributed by atoms with Gasteiger partial charge in [-0.1, -0.05) is 12.5 Å². The third kappa shape index (κ3) is 3.65. The van der Waals surface area contributed by atoms with E-state index in [-0.39, 0.29) is 24.4 Å². The average molecular weight is 457 g/mol. The first-order valence-corrected chi connectivity index (χ1v) is 11.3. The Bertz CT molecular complexity index is 1110. The number of imidazole rings is 1. The number of benzene rings is 1. The molecule has 2 saturated heterocycles. The molecule has 0 aliphatic carbocycles. The summed E-state index contributed by atoms with van der Waals surface area (Å²) >= 11 is 0. The molecule has 32 heavy (non-hydrogen) atoms. The number of hydrogen-bond donors (Lipinski definition) is 1. The van der Waals surface area contributed by atoms with E-state index in [9.17, 15) is 4.79 Å². The maximum absolute atomic E-state index is 13.2. The van der Waals surface area contributed by atoms with Crippen molar-refractivity contribution in [1.82, 2.24) is 24.8 Å². The summed E-state index contributed by atoms with van der Waals surface area (Å²) in [5, 5.41) is 3.30. The van der Waals surface area contributed by atoms with Gasteiger partial charge in [0.05, 0.1) is 12.1 Å². The summed E-state index contributed by atoms with van der Waals surface area (Å²) in [5.41, 5.74) is 1.88. The second-order valence-corrected chi connectivity index (χ2v) is 9.15. The molecule has 170 valence electrons. The molecule has 2 aromatic heterocycles. The van der Waals surface area contributed by atoms with E-state index >= 15 is 0 Å². The van der Waals surface area contributed by atoms with Crippen LogP contribution in [0.25, 0.3) is 11.1 Å². The Morgan fingerprint density at radius 2 is 2.00 bits per heavy atom. The van der Waals surface area contributed by atoms with Crippen molar-refractivity contribution < 1.29 is 9.21 Å². The molecule has 9 heteroatoms. The lowest BCUT2D eigenvalue weighted by Crippen LogP contribution is -2.55. The third-order valence-electron chi connectivity index (χ3n) is 7.34. The molecule has 5 heterocycles. The zero-order valence-electron chi connectivity index (χ0n) is 18.2. The normalized spacial score (nSPS) is 25.3. The number of hydrogen-bond acceptors (Lipinski definition) is 6. The Balaban J connectivity index is 0.00000216. The lowest BCUT2D eigenvalue weighted by Gasteiger charge is -2.47. The smallest absolute Gasteiger partial charge is 0.298 e. The van der Waals surface area contributed by atoms with Crippen LogP contribution in [0.5, 0.6) is 0 Å². The van der Waals surface area contributed by atoms with Gasteiger partial charge < -0.3 is 24.1 Å². The number of amides is 1. The molecule has 8 nitrogen and oxygen atoms in total. The topological polar surface area (TPSA) is 79.4 Å². The van der Waals surface area contributed by atoms with Crippen molar-refractivity contribution in [1.29, 1.82) is 0 Å². The molecule has 2 fully saturated rings. The fourth-order valence-corrected chi connectivity index (χ4v) is 5.59. The number of piperidine rings is 2. The van der Waals surface area contributed by atoms with Crippen LogP contribution < -0.4 is 10.2 Å². The van der Waals surface area contributed by atoms with Gasteiger partial charge in [-0.05, 0) is 44.9 Å². The molecular weight excluding hydrogens is 428 g/mol. The third-order valence-corrected chi connectivity index (χ3v) is 7.34. The van der Waals surface area contributed by atoms with Crippen LogP contribution in [0.1, 0.15) is 48.3 Å². The molecular formula is C23H29ClN6O2. The number of carbonyl (C=O) groups is 1. The van der Waals surface area contributed by atoms with Gasteiger partial charge >= 0.3 is 0 Å². The lowest BCUT2D eigenvalue weighted by molar-refractivity contribution is 0.0463. The molecule has 1 aromatic carbocycles. The second kappa shape index (κ2) is 8.41. The van der Waals surface area contributed by atoms with E-state index in [1.54, 1.807) is 0 Å². The zero-order valence-corrected chi connectivity index (χ0v) is 19.1. The fourth-order valence-electron chi connectivity index (χ4n) is 5.59. The van der Waals surface area contributed by atoms with Crippen molar-refractivity contribution in [3.8, 4) is 0 Å². The van der Waals surface area contributed by atoms with Gasteiger partial charge in [0.25, 0.3) is 11.9 Å². The van der Waals surface area contributed by atoms with E-state index in [1.165, 1.54) is 19.3 Å². The summed E-state index contributed by atoms with van der Waals surface area (Å²) in [5.74, 6) is 0.951. The monoisotopic (exact) mass is 456 g/mol.